The first-order chi connectivity index (χ1) is 15.2. The zero-order valence-electron chi connectivity index (χ0n) is 17.6. The Hall–Kier alpha value is -2.72. The van der Waals surface area contributed by atoms with Crippen LogP contribution in [-0.2, 0) is 22.2 Å². The van der Waals surface area contributed by atoms with Gasteiger partial charge in [-0.15, -0.1) is 0 Å². The number of benzene rings is 2. The van der Waals surface area contributed by atoms with Gasteiger partial charge in [-0.2, -0.15) is 4.33 Å². The number of ether oxygens (including phenoxy) is 3. The lowest BCUT2D eigenvalue weighted by molar-refractivity contribution is -0.187. The lowest BCUT2D eigenvalue weighted by Crippen LogP contribution is -2.04. The van der Waals surface area contributed by atoms with Crippen LogP contribution in [0.4, 0.5) is 0 Å². The number of methoxy groups -OCH3 is 3. The number of rotatable bonds is 7. The van der Waals surface area contributed by atoms with E-state index in [9.17, 15) is 5.11 Å². The molecule has 0 spiro atoms. The van der Waals surface area contributed by atoms with Crippen LogP contribution in [0.1, 0.15) is 5.56 Å². The van der Waals surface area contributed by atoms with Gasteiger partial charge in [0.1, 0.15) is 0 Å². The summed E-state index contributed by atoms with van der Waals surface area (Å²) in [5.74, 6) is 1.60. The zero-order chi connectivity index (χ0) is 21.8. The smallest absolute Gasteiger partial charge is 0.203 e. The van der Waals surface area contributed by atoms with E-state index in [1.165, 1.54) is 12.0 Å². The van der Waals surface area contributed by atoms with Crippen molar-refractivity contribution in [1.29, 1.82) is 0 Å². The van der Waals surface area contributed by atoms with Gasteiger partial charge in [0.25, 0.3) is 0 Å². The van der Waals surface area contributed by atoms with E-state index in [1.807, 2.05) is 28.8 Å². The molecule has 0 unspecified atom stereocenters. The molecule has 0 atom stereocenters. The van der Waals surface area contributed by atoms with Crippen LogP contribution in [0, 0.1) is 0 Å². The Bertz CT molecular complexity index is 1040. The standard InChI is InChI=1S/C22H24N2O6S/c1-26-17-10-16(11-18(27-2)22(17)28-3)21-20(23-13-24(21)7-8-25)15-5-4-14-6-9-29-30-31-19(14)12-15/h4-5,10-13,25H,6-9H2,1-3H3. The molecule has 164 valence electrons. The first-order valence-electron chi connectivity index (χ1n) is 9.76. The molecular formula is C22H24N2O6S. The van der Waals surface area contributed by atoms with Gasteiger partial charge >= 0.3 is 0 Å². The molecule has 0 amide bonds. The minimum Gasteiger partial charge on any atom is -0.493 e. The van der Waals surface area contributed by atoms with Gasteiger partial charge in [0.15, 0.2) is 11.5 Å². The quantitative estimate of drug-likeness (QED) is 0.436. The SMILES string of the molecule is COc1cc(-c2c(-c3ccc4c(c3)SOOCC4)ncn2CCO)cc(OC)c1OC. The van der Waals surface area contributed by atoms with E-state index >= 15 is 0 Å². The summed E-state index contributed by atoms with van der Waals surface area (Å²) in [7, 11) is 4.73. The summed E-state index contributed by atoms with van der Waals surface area (Å²) in [5.41, 5.74) is 4.53. The average molecular weight is 445 g/mol. The molecule has 0 fully saturated rings. The molecule has 1 aliphatic rings. The fourth-order valence-electron chi connectivity index (χ4n) is 3.62. The maximum Gasteiger partial charge on any atom is 0.203 e. The fourth-order valence-corrected chi connectivity index (χ4v) is 4.27. The van der Waals surface area contributed by atoms with Crippen LogP contribution >= 0.6 is 12.0 Å². The van der Waals surface area contributed by atoms with Gasteiger partial charge in [0.2, 0.25) is 5.75 Å². The Labute approximate surface area is 184 Å². The van der Waals surface area contributed by atoms with Crippen molar-refractivity contribution in [3.05, 3.63) is 42.2 Å². The molecule has 31 heavy (non-hydrogen) atoms. The van der Waals surface area contributed by atoms with Crippen molar-refractivity contribution in [2.45, 2.75) is 17.9 Å². The minimum absolute atomic E-state index is 0.0154. The van der Waals surface area contributed by atoms with Crippen LogP contribution in [0.5, 0.6) is 17.2 Å². The van der Waals surface area contributed by atoms with Gasteiger partial charge < -0.3 is 23.9 Å². The second-order valence-corrected chi connectivity index (χ2v) is 7.56. The van der Waals surface area contributed by atoms with E-state index in [-0.39, 0.29) is 6.61 Å². The Kier molecular flexibility index (Phi) is 6.67. The van der Waals surface area contributed by atoms with Crippen molar-refractivity contribution in [3.63, 3.8) is 0 Å². The number of aromatic nitrogens is 2. The second kappa shape index (κ2) is 9.61. The lowest BCUT2D eigenvalue weighted by atomic mass is 10.0. The van der Waals surface area contributed by atoms with Gasteiger partial charge in [0.05, 0.1) is 64.3 Å². The van der Waals surface area contributed by atoms with E-state index in [2.05, 4.69) is 11.1 Å². The number of imidazole rings is 1. The first kappa shape index (κ1) is 21.5. The van der Waals surface area contributed by atoms with Crippen molar-refractivity contribution in [2.75, 3.05) is 34.5 Å². The molecule has 4 rings (SSSR count). The van der Waals surface area contributed by atoms with E-state index in [0.717, 1.165) is 39.4 Å². The summed E-state index contributed by atoms with van der Waals surface area (Å²) in [6.07, 6.45) is 2.50. The highest BCUT2D eigenvalue weighted by molar-refractivity contribution is 7.94. The number of fused-ring (bicyclic) bond motifs is 1. The predicted octanol–water partition coefficient (Wildman–Crippen LogP) is 3.75. The number of aliphatic hydroxyl groups is 1. The lowest BCUT2D eigenvalue weighted by Gasteiger charge is -2.16. The molecule has 0 saturated heterocycles. The molecule has 1 aliphatic heterocycles. The van der Waals surface area contributed by atoms with Gasteiger partial charge in [0, 0.05) is 29.0 Å². The molecule has 0 saturated carbocycles. The Morgan fingerprint density at radius 3 is 2.52 bits per heavy atom. The Morgan fingerprint density at radius 1 is 1.06 bits per heavy atom. The number of hydrogen-bond donors (Lipinski definition) is 1. The molecule has 0 bridgehead atoms. The number of hydrogen-bond acceptors (Lipinski definition) is 8. The van der Waals surface area contributed by atoms with Gasteiger partial charge in [-0.05, 0) is 23.8 Å². The van der Waals surface area contributed by atoms with E-state index in [0.29, 0.717) is 30.4 Å². The molecule has 0 aliphatic carbocycles. The Morgan fingerprint density at radius 2 is 1.84 bits per heavy atom. The summed E-state index contributed by atoms with van der Waals surface area (Å²) < 4.78 is 23.6. The van der Waals surface area contributed by atoms with Crippen LogP contribution in [0.25, 0.3) is 22.5 Å². The summed E-state index contributed by atoms with van der Waals surface area (Å²) in [6.45, 7) is 0.898. The second-order valence-electron chi connectivity index (χ2n) is 6.82. The van der Waals surface area contributed by atoms with E-state index in [1.54, 1.807) is 27.7 Å². The summed E-state index contributed by atoms with van der Waals surface area (Å²) in [4.78, 5) is 10.8. The van der Waals surface area contributed by atoms with Crippen molar-refractivity contribution in [1.82, 2.24) is 9.55 Å². The molecule has 2 aromatic carbocycles. The predicted molar refractivity (Wildman–Crippen MR) is 116 cm³/mol. The molecular weight excluding hydrogens is 420 g/mol. The molecule has 1 aromatic heterocycles. The zero-order valence-corrected chi connectivity index (χ0v) is 18.4. The third-order valence-electron chi connectivity index (χ3n) is 5.08. The highest BCUT2D eigenvalue weighted by Gasteiger charge is 2.21. The first-order valence-corrected chi connectivity index (χ1v) is 10.5. The topological polar surface area (TPSA) is 84.2 Å². The maximum atomic E-state index is 9.59. The molecule has 2 heterocycles. The monoisotopic (exact) mass is 444 g/mol. The molecule has 1 N–H and O–H groups in total. The largest absolute Gasteiger partial charge is 0.493 e. The van der Waals surface area contributed by atoms with Gasteiger partial charge in [-0.3, -0.25) is 0 Å². The molecule has 0 radical (unpaired) electrons. The van der Waals surface area contributed by atoms with E-state index in [4.69, 9.17) is 23.4 Å². The van der Waals surface area contributed by atoms with Crippen molar-refractivity contribution in [2.24, 2.45) is 0 Å². The third kappa shape index (κ3) is 4.22. The average Bonchev–Trinajstić information content (AvgIpc) is 3.07. The molecule has 3 aromatic rings. The highest BCUT2D eigenvalue weighted by Crippen LogP contribution is 2.43. The molecule has 8 nitrogen and oxygen atoms in total. The van der Waals surface area contributed by atoms with Gasteiger partial charge in [-0.25, -0.2) is 9.87 Å². The number of aliphatic hydroxyl groups excluding tert-OH is 1. The third-order valence-corrected chi connectivity index (χ3v) is 5.81. The normalized spacial score (nSPS) is 13.4. The summed E-state index contributed by atoms with van der Waals surface area (Å²) in [5, 5.41) is 9.59. The summed E-state index contributed by atoms with van der Waals surface area (Å²) >= 11 is 1.20. The maximum absolute atomic E-state index is 9.59. The minimum atomic E-state index is -0.0154. The Balaban J connectivity index is 1.88. The van der Waals surface area contributed by atoms with Crippen LogP contribution in [0.2, 0.25) is 0 Å². The van der Waals surface area contributed by atoms with Crippen molar-refractivity contribution >= 4 is 12.0 Å². The molecule has 9 heteroatoms. The van der Waals surface area contributed by atoms with Crippen molar-refractivity contribution in [3.8, 4) is 39.8 Å². The van der Waals surface area contributed by atoms with Crippen LogP contribution in [0.3, 0.4) is 0 Å². The van der Waals surface area contributed by atoms with Crippen LogP contribution in [-0.4, -0.2) is 49.2 Å². The number of nitrogens with zero attached hydrogens (tertiary/aromatic N) is 2. The fraction of sp³-hybridized carbons (Fsp3) is 0.318. The summed E-state index contributed by atoms with van der Waals surface area (Å²) in [6, 6.07) is 9.91. The van der Waals surface area contributed by atoms with Gasteiger partial charge in [-0.1, -0.05) is 12.1 Å². The van der Waals surface area contributed by atoms with E-state index < -0.39 is 0 Å². The highest BCUT2D eigenvalue weighted by atomic mass is 32.2. The van der Waals surface area contributed by atoms with Crippen molar-refractivity contribution < 1.29 is 28.5 Å². The van der Waals surface area contributed by atoms with Crippen LogP contribution in [0.15, 0.2) is 41.6 Å². The van der Waals surface area contributed by atoms with Crippen LogP contribution < -0.4 is 14.2 Å².